The molecule has 2 amide bonds. The van der Waals surface area contributed by atoms with Crippen LogP contribution in [-0.2, 0) is 11.2 Å². The zero-order valence-corrected chi connectivity index (χ0v) is 18.9. The fourth-order valence-corrected chi connectivity index (χ4v) is 4.85. The number of rotatable bonds is 3. The maximum atomic E-state index is 13.8. The summed E-state index contributed by atoms with van der Waals surface area (Å²) in [5.41, 5.74) is 5.58. The van der Waals surface area contributed by atoms with E-state index in [9.17, 15) is 9.59 Å². The third kappa shape index (κ3) is 4.09. The number of benzene rings is 2. The van der Waals surface area contributed by atoms with E-state index < -0.39 is 0 Å². The fourth-order valence-electron chi connectivity index (χ4n) is 4.85. The van der Waals surface area contributed by atoms with Crippen molar-refractivity contribution < 1.29 is 14.3 Å². The molecule has 1 fully saturated rings. The lowest BCUT2D eigenvalue weighted by Gasteiger charge is -2.31. The van der Waals surface area contributed by atoms with Crippen molar-refractivity contribution in [3.8, 4) is 5.75 Å². The number of para-hydroxylation sites is 1. The Labute approximate surface area is 193 Å². The fraction of sp³-hybridized carbons (Fsp3) is 0.296. The average molecular weight is 442 g/mol. The Bertz CT molecular complexity index is 1260. The summed E-state index contributed by atoms with van der Waals surface area (Å²) < 4.78 is 5.28. The number of pyridine rings is 1. The van der Waals surface area contributed by atoms with Crippen LogP contribution < -0.4 is 10.1 Å². The zero-order valence-electron chi connectivity index (χ0n) is 18.9. The van der Waals surface area contributed by atoms with Gasteiger partial charge in [0.2, 0.25) is 5.91 Å². The van der Waals surface area contributed by atoms with Crippen LogP contribution in [0.25, 0.3) is 22.6 Å². The SMILES string of the molecule is COc1ccc(/C=C2\C[C@H](C)Cc3c2nc2ccccc2c3C(=O)N2CCNC(=O)C2)cc1. The highest BCUT2D eigenvalue weighted by molar-refractivity contribution is 6.10. The monoisotopic (exact) mass is 441 g/mol. The van der Waals surface area contributed by atoms with E-state index in [1.165, 1.54) is 0 Å². The summed E-state index contributed by atoms with van der Waals surface area (Å²) in [6, 6.07) is 15.8. The molecule has 1 aliphatic carbocycles. The van der Waals surface area contributed by atoms with E-state index in [2.05, 4.69) is 18.3 Å². The Morgan fingerprint density at radius 1 is 1.15 bits per heavy atom. The number of hydrogen-bond donors (Lipinski definition) is 1. The molecule has 0 unspecified atom stereocenters. The standard InChI is InChI=1S/C27H27N3O3/c1-17-13-19(15-18-7-9-20(33-2)10-8-18)26-22(14-17)25(21-5-3-4-6-23(21)29-26)27(32)30-12-11-28-24(31)16-30/h3-10,15,17H,11-14,16H2,1-2H3,(H,28,31)/b19-15+/t17-/m0/s1. The molecule has 2 aromatic carbocycles. The van der Waals surface area contributed by atoms with Crippen LogP contribution in [0.15, 0.2) is 48.5 Å². The van der Waals surface area contributed by atoms with Crippen molar-refractivity contribution in [3.05, 3.63) is 70.9 Å². The van der Waals surface area contributed by atoms with E-state index in [1.807, 2.05) is 48.5 Å². The molecule has 1 atom stereocenters. The molecule has 2 aliphatic rings. The first-order valence-corrected chi connectivity index (χ1v) is 11.4. The average Bonchev–Trinajstić information content (AvgIpc) is 2.83. The number of hydrogen-bond acceptors (Lipinski definition) is 4. The maximum Gasteiger partial charge on any atom is 0.255 e. The summed E-state index contributed by atoms with van der Waals surface area (Å²) in [4.78, 5) is 32.4. The summed E-state index contributed by atoms with van der Waals surface area (Å²) in [7, 11) is 1.66. The van der Waals surface area contributed by atoms with Crippen LogP contribution in [0.4, 0.5) is 0 Å². The van der Waals surface area contributed by atoms with Crippen molar-refractivity contribution in [1.82, 2.24) is 15.2 Å². The molecular weight excluding hydrogens is 414 g/mol. The number of nitrogens with zero attached hydrogens (tertiary/aromatic N) is 2. The molecule has 0 bridgehead atoms. The first kappa shape index (κ1) is 21.2. The van der Waals surface area contributed by atoms with Crippen LogP contribution >= 0.6 is 0 Å². The maximum absolute atomic E-state index is 13.8. The number of piperazine rings is 1. The van der Waals surface area contributed by atoms with Gasteiger partial charge in [-0.15, -0.1) is 0 Å². The molecule has 5 rings (SSSR count). The predicted molar refractivity (Wildman–Crippen MR) is 129 cm³/mol. The molecule has 2 heterocycles. The van der Waals surface area contributed by atoms with E-state index >= 15 is 0 Å². The summed E-state index contributed by atoms with van der Waals surface area (Å²) in [6.07, 6.45) is 3.84. The highest BCUT2D eigenvalue weighted by Crippen LogP contribution is 2.39. The lowest BCUT2D eigenvalue weighted by atomic mass is 9.80. The Balaban J connectivity index is 1.67. The van der Waals surface area contributed by atoms with Crippen LogP contribution in [0.2, 0.25) is 0 Å². The Morgan fingerprint density at radius 3 is 2.70 bits per heavy atom. The van der Waals surface area contributed by atoms with Crippen molar-refractivity contribution in [2.45, 2.75) is 19.8 Å². The minimum atomic E-state index is -0.115. The molecule has 6 heteroatoms. The number of ether oxygens (including phenoxy) is 1. The molecule has 1 N–H and O–H groups in total. The largest absolute Gasteiger partial charge is 0.497 e. The number of aromatic nitrogens is 1. The quantitative estimate of drug-likeness (QED) is 0.668. The molecule has 1 aromatic heterocycles. The lowest BCUT2D eigenvalue weighted by Crippen LogP contribution is -2.50. The summed E-state index contributed by atoms with van der Waals surface area (Å²) in [5, 5.41) is 3.66. The first-order chi connectivity index (χ1) is 16.0. The predicted octanol–water partition coefficient (Wildman–Crippen LogP) is 3.94. The van der Waals surface area contributed by atoms with E-state index in [-0.39, 0.29) is 18.4 Å². The second-order valence-corrected chi connectivity index (χ2v) is 8.86. The van der Waals surface area contributed by atoms with Crippen LogP contribution in [0, 0.1) is 5.92 Å². The highest BCUT2D eigenvalue weighted by atomic mass is 16.5. The molecule has 3 aromatic rings. The number of allylic oxidation sites excluding steroid dienone is 1. The van der Waals surface area contributed by atoms with Crippen LogP contribution in [0.5, 0.6) is 5.75 Å². The number of amides is 2. The Morgan fingerprint density at radius 2 is 1.94 bits per heavy atom. The number of fused-ring (bicyclic) bond motifs is 2. The minimum Gasteiger partial charge on any atom is -0.497 e. The zero-order chi connectivity index (χ0) is 22.9. The first-order valence-electron chi connectivity index (χ1n) is 11.4. The number of carbonyl (C=O) groups excluding carboxylic acids is 2. The normalized spacial score (nSPS) is 19.3. The second kappa shape index (κ2) is 8.70. The molecule has 0 saturated carbocycles. The minimum absolute atomic E-state index is 0.0856. The summed E-state index contributed by atoms with van der Waals surface area (Å²) in [5.74, 6) is 0.992. The summed E-state index contributed by atoms with van der Waals surface area (Å²) in [6.45, 7) is 3.30. The van der Waals surface area contributed by atoms with Gasteiger partial charge in [-0.2, -0.15) is 0 Å². The molecule has 1 saturated heterocycles. The molecule has 0 radical (unpaired) electrons. The Hall–Kier alpha value is -3.67. The van der Waals surface area contributed by atoms with Gasteiger partial charge in [0.05, 0.1) is 30.4 Å². The highest BCUT2D eigenvalue weighted by Gasteiger charge is 2.31. The molecule has 6 nitrogen and oxygen atoms in total. The molecular formula is C27H27N3O3. The van der Waals surface area contributed by atoms with E-state index in [0.717, 1.165) is 51.9 Å². The third-order valence-electron chi connectivity index (χ3n) is 6.41. The van der Waals surface area contributed by atoms with Crippen LogP contribution in [-0.4, -0.2) is 48.4 Å². The van der Waals surface area contributed by atoms with Gasteiger partial charge in [0.1, 0.15) is 5.75 Å². The van der Waals surface area contributed by atoms with Gasteiger partial charge >= 0.3 is 0 Å². The van der Waals surface area contributed by atoms with Crippen LogP contribution in [0.3, 0.4) is 0 Å². The topological polar surface area (TPSA) is 71.5 Å². The van der Waals surface area contributed by atoms with Gasteiger partial charge in [-0.05, 0) is 59.7 Å². The van der Waals surface area contributed by atoms with Gasteiger partial charge < -0.3 is 15.0 Å². The second-order valence-electron chi connectivity index (χ2n) is 8.86. The van der Waals surface area contributed by atoms with E-state index in [4.69, 9.17) is 9.72 Å². The summed E-state index contributed by atoms with van der Waals surface area (Å²) >= 11 is 0. The van der Waals surface area contributed by atoms with Crippen molar-refractivity contribution in [2.75, 3.05) is 26.7 Å². The molecule has 0 spiro atoms. The van der Waals surface area contributed by atoms with E-state index in [1.54, 1.807) is 12.0 Å². The van der Waals surface area contributed by atoms with Crippen molar-refractivity contribution >= 4 is 34.4 Å². The van der Waals surface area contributed by atoms with Gasteiger partial charge in [0, 0.05) is 18.5 Å². The third-order valence-corrected chi connectivity index (χ3v) is 6.41. The number of carbonyl (C=O) groups is 2. The van der Waals surface area contributed by atoms with Gasteiger partial charge in [-0.3, -0.25) is 9.59 Å². The number of nitrogens with one attached hydrogen (secondary N) is 1. The smallest absolute Gasteiger partial charge is 0.255 e. The van der Waals surface area contributed by atoms with E-state index in [0.29, 0.717) is 24.6 Å². The molecule has 168 valence electrons. The van der Waals surface area contributed by atoms with Gasteiger partial charge in [0.15, 0.2) is 0 Å². The van der Waals surface area contributed by atoms with Crippen molar-refractivity contribution in [2.24, 2.45) is 5.92 Å². The van der Waals surface area contributed by atoms with Crippen molar-refractivity contribution in [1.29, 1.82) is 0 Å². The van der Waals surface area contributed by atoms with Crippen LogP contribution in [0.1, 0.15) is 40.5 Å². The van der Waals surface area contributed by atoms with Gasteiger partial charge in [-0.25, -0.2) is 4.98 Å². The Kier molecular flexibility index (Phi) is 5.58. The number of methoxy groups -OCH3 is 1. The van der Waals surface area contributed by atoms with Gasteiger partial charge in [-0.1, -0.05) is 37.3 Å². The lowest BCUT2D eigenvalue weighted by molar-refractivity contribution is -0.123. The molecule has 1 aliphatic heterocycles. The van der Waals surface area contributed by atoms with Crippen molar-refractivity contribution in [3.63, 3.8) is 0 Å². The van der Waals surface area contributed by atoms with Gasteiger partial charge in [0.25, 0.3) is 5.91 Å². The molecule has 33 heavy (non-hydrogen) atoms.